The van der Waals surface area contributed by atoms with Crippen molar-refractivity contribution in [1.29, 1.82) is 0 Å². The molecule has 0 saturated heterocycles. The molecule has 184 valence electrons. The topological polar surface area (TPSA) is 43.4 Å². The summed E-state index contributed by atoms with van der Waals surface area (Å²) in [6.45, 7) is 2.53. The minimum atomic E-state index is -2.93. The van der Waals surface area contributed by atoms with Crippen LogP contribution in [0, 0.1) is 0 Å². The molecule has 0 fully saturated rings. The van der Waals surface area contributed by atoms with Gasteiger partial charge in [-0.05, 0) is 61.0 Å². The van der Waals surface area contributed by atoms with Crippen molar-refractivity contribution in [3.05, 3.63) is 120 Å². The molecule has 3 nitrogen and oxygen atoms in total. The van der Waals surface area contributed by atoms with Crippen LogP contribution in [0.1, 0.15) is 20.8 Å². The summed E-state index contributed by atoms with van der Waals surface area (Å²) in [5.74, 6) is -0.569. The maximum atomic E-state index is 14.5. The molecule has 0 spiro atoms. The first-order valence-corrected chi connectivity index (χ1v) is 14.9. The van der Waals surface area contributed by atoms with Crippen LogP contribution in [0.5, 0.6) is 0 Å². The lowest BCUT2D eigenvalue weighted by molar-refractivity contribution is -0.145. The van der Waals surface area contributed by atoms with Gasteiger partial charge in [0.1, 0.15) is 10.2 Å². The zero-order chi connectivity index (χ0) is 25.8. The Morgan fingerprint density at radius 1 is 0.694 bits per heavy atom. The third-order valence-corrected chi connectivity index (χ3v) is 12.3. The molecule has 1 atom stereocenters. The lowest BCUT2D eigenvalue weighted by atomic mass is 10.2. The molecule has 36 heavy (non-hydrogen) atoms. The van der Waals surface area contributed by atoms with Crippen molar-refractivity contribution < 1.29 is 13.7 Å². The molecular formula is C30H28ClO3PS. The van der Waals surface area contributed by atoms with E-state index >= 15 is 0 Å². The van der Waals surface area contributed by atoms with Crippen LogP contribution in [0.4, 0.5) is 0 Å². The second-order valence-electron chi connectivity index (χ2n) is 9.21. The summed E-state index contributed by atoms with van der Waals surface area (Å²) in [4.78, 5) is 14.6. The third kappa shape index (κ3) is 5.42. The van der Waals surface area contributed by atoms with Gasteiger partial charge in [-0.15, -0.1) is 0 Å². The summed E-state index contributed by atoms with van der Waals surface area (Å²) in [5.41, 5.74) is -0.772. The van der Waals surface area contributed by atoms with Crippen molar-refractivity contribution >= 4 is 55.8 Å². The number of esters is 1. The molecule has 4 rings (SSSR count). The van der Waals surface area contributed by atoms with E-state index in [0.29, 0.717) is 9.92 Å². The zero-order valence-corrected chi connectivity index (χ0v) is 22.9. The molecule has 4 aromatic rings. The SMILES string of the molecule is CC(C)(C)OC(=O)C(S(=O)c1ccc(Cl)cc1)=P(c1ccccc1)(c1ccccc1)c1ccccc1. The van der Waals surface area contributed by atoms with Crippen LogP contribution >= 0.6 is 18.5 Å². The Bertz CT molecular complexity index is 1310. The highest BCUT2D eigenvalue weighted by Gasteiger charge is 2.39. The highest BCUT2D eigenvalue weighted by atomic mass is 35.5. The zero-order valence-electron chi connectivity index (χ0n) is 20.4. The molecule has 6 heteroatoms. The van der Waals surface area contributed by atoms with Gasteiger partial charge in [0, 0.05) is 16.8 Å². The highest BCUT2D eigenvalue weighted by Crippen LogP contribution is 2.48. The molecule has 0 aliphatic heterocycles. The molecule has 0 saturated carbocycles. The standard InChI is InChI=1S/C30H28ClO3PS/c1-30(2,3)34-28(32)29(36(33)27-21-19-23(31)20-22-27)35(24-13-7-4-8-14-24,25-15-9-5-10-16-25)26-17-11-6-12-18-26/h4-22H,1-3H3. The second kappa shape index (κ2) is 11.0. The molecule has 0 bridgehead atoms. The first-order valence-electron chi connectivity index (χ1n) is 11.6. The predicted octanol–water partition coefficient (Wildman–Crippen LogP) is 5.91. The molecule has 1 unspecified atom stereocenters. The number of halogens is 1. The lowest BCUT2D eigenvalue weighted by Crippen LogP contribution is -2.38. The van der Waals surface area contributed by atoms with Gasteiger partial charge >= 0.3 is 5.97 Å². The number of ether oxygens (including phenoxy) is 1. The number of hydrogen-bond acceptors (Lipinski definition) is 3. The Labute approximate surface area is 220 Å². The van der Waals surface area contributed by atoms with Gasteiger partial charge in [0.05, 0.1) is 10.8 Å². The molecular weight excluding hydrogens is 507 g/mol. The maximum absolute atomic E-state index is 14.5. The van der Waals surface area contributed by atoms with Crippen LogP contribution in [0.15, 0.2) is 120 Å². The average Bonchev–Trinajstić information content (AvgIpc) is 2.88. The van der Waals surface area contributed by atoms with Gasteiger partial charge < -0.3 is 4.74 Å². The van der Waals surface area contributed by atoms with Crippen molar-refractivity contribution in [3.63, 3.8) is 0 Å². The Balaban J connectivity index is 2.24. The van der Waals surface area contributed by atoms with Gasteiger partial charge in [-0.25, -0.2) is 9.00 Å². The number of benzene rings is 4. The first kappa shape index (κ1) is 26.2. The quantitative estimate of drug-likeness (QED) is 0.228. The average molecular weight is 535 g/mol. The minimum Gasteiger partial charge on any atom is -0.456 e. The van der Waals surface area contributed by atoms with Crippen LogP contribution in [0.2, 0.25) is 5.02 Å². The predicted molar refractivity (Wildman–Crippen MR) is 154 cm³/mol. The van der Waals surface area contributed by atoms with Gasteiger partial charge in [0.25, 0.3) is 0 Å². The third-order valence-electron chi connectivity index (χ3n) is 5.51. The Morgan fingerprint density at radius 3 is 1.44 bits per heavy atom. The maximum Gasteiger partial charge on any atom is 0.349 e. The van der Waals surface area contributed by atoms with E-state index in [4.69, 9.17) is 16.3 Å². The normalized spacial score (nSPS) is 12.6. The van der Waals surface area contributed by atoms with E-state index in [-0.39, 0.29) is 4.63 Å². The number of carbonyl (C=O) groups is 1. The Kier molecular flexibility index (Phi) is 8.00. The van der Waals surface area contributed by atoms with Gasteiger partial charge in [-0.2, -0.15) is 0 Å². The van der Waals surface area contributed by atoms with Crippen LogP contribution in [-0.2, 0) is 20.3 Å². The van der Waals surface area contributed by atoms with Gasteiger partial charge in [-0.1, -0.05) is 103 Å². The molecule has 0 N–H and O–H groups in total. The van der Waals surface area contributed by atoms with Gasteiger partial charge in [-0.3, -0.25) is 0 Å². The highest BCUT2D eigenvalue weighted by molar-refractivity contribution is 8.18. The summed E-state index contributed by atoms with van der Waals surface area (Å²) in [6.07, 6.45) is 0. The summed E-state index contributed by atoms with van der Waals surface area (Å²) in [7, 11) is -1.83. The minimum absolute atomic E-state index is 0.239. The summed E-state index contributed by atoms with van der Waals surface area (Å²) >= 11 is 6.13. The molecule has 0 amide bonds. The Morgan fingerprint density at radius 2 is 1.08 bits per heavy atom. The number of hydrogen-bond donors (Lipinski definition) is 0. The fraction of sp³-hybridized carbons (Fsp3) is 0.133. The first-order chi connectivity index (χ1) is 17.2. The largest absolute Gasteiger partial charge is 0.456 e. The van der Waals surface area contributed by atoms with Gasteiger partial charge in [0.15, 0.2) is 0 Å². The van der Waals surface area contributed by atoms with Crippen LogP contribution in [0.25, 0.3) is 0 Å². The molecule has 0 heterocycles. The van der Waals surface area contributed by atoms with Crippen molar-refractivity contribution in [2.24, 2.45) is 0 Å². The molecule has 4 aromatic carbocycles. The van der Waals surface area contributed by atoms with E-state index in [9.17, 15) is 9.00 Å². The van der Waals surface area contributed by atoms with E-state index in [1.54, 1.807) is 24.3 Å². The molecule has 0 aliphatic carbocycles. The van der Waals surface area contributed by atoms with E-state index < -0.39 is 29.3 Å². The van der Waals surface area contributed by atoms with Crippen molar-refractivity contribution in [3.8, 4) is 0 Å². The summed E-state index contributed by atoms with van der Waals surface area (Å²) < 4.78 is 20.7. The van der Waals surface area contributed by atoms with Crippen LogP contribution in [0.3, 0.4) is 0 Å². The number of carbonyl (C=O) groups excluding carboxylic acids is 1. The van der Waals surface area contributed by atoms with Crippen LogP contribution in [-0.4, -0.2) is 20.4 Å². The van der Waals surface area contributed by atoms with E-state index in [0.717, 1.165) is 15.9 Å². The van der Waals surface area contributed by atoms with E-state index in [1.807, 2.05) is 112 Å². The fourth-order valence-electron chi connectivity index (χ4n) is 4.08. The van der Waals surface area contributed by atoms with E-state index in [2.05, 4.69) is 0 Å². The van der Waals surface area contributed by atoms with Crippen molar-refractivity contribution in [2.45, 2.75) is 31.3 Å². The van der Waals surface area contributed by atoms with Crippen LogP contribution < -0.4 is 15.9 Å². The molecule has 0 aromatic heterocycles. The second-order valence-corrected chi connectivity index (χ2v) is 14.7. The fourth-order valence-corrected chi connectivity index (χ4v) is 11.0. The molecule has 0 aliphatic rings. The van der Waals surface area contributed by atoms with Crippen molar-refractivity contribution in [1.82, 2.24) is 0 Å². The van der Waals surface area contributed by atoms with Crippen molar-refractivity contribution in [2.75, 3.05) is 0 Å². The number of rotatable bonds is 6. The smallest absolute Gasteiger partial charge is 0.349 e. The summed E-state index contributed by atoms with van der Waals surface area (Å²) in [6, 6.07) is 36.4. The molecule has 0 radical (unpaired) electrons. The van der Waals surface area contributed by atoms with Gasteiger partial charge in [0.2, 0.25) is 0 Å². The Hall–Kier alpha value is -2.91. The lowest BCUT2D eigenvalue weighted by Gasteiger charge is -2.32. The summed E-state index contributed by atoms with van der Waals surface area (Å²) in [5, 5.41) is 3.30. The monoisotopic (exact) mass is 534 g/mol. The van der Waals surface area contributed by atoms with E-state index in [1.165, 1.54) is 0 Å².